The van der Waals surface area contributed by atoms with Gasteiger partial charge >= 0.3 is 22.4 Å². The second-order valence-corrected chi connectivity index (χ2v) is 7.75. The van der Waals surface area contributed by atoms with E-state index < -0.39 is 65.3 Å². The smallest absolute Gasteiger partial charge is 0.479 e. The number of carbonyl (C=O) groups excluding carboxylic acids is 3. The predicted molar refractivity (Wildman–Crippen MR) is 99.1 cm³/mol. The number of nitrogens with one attached hydrogen (secondary N) is 1. The molecule has 1 saturated heterocycles. The fraction of sp³-hybridized carbons (Fsp3) is 0.385. The number of hydrogen-bond acceptors (Lipinski definition) is 13. The molecule has 0 saturated carbocycles. The van der Waals surface area contributed by atoms with Crippen LogP contribution < -0.4 is 11.1 Å². The van der Waals surface area contributed by atoms with E-state index in [2.05, 4.69) is 29.8 Å². The molecule has 0 radical (unpaired) electrons. The second kappa shape index (κ2) is 9.53. The van der Waals surface area contributed by atoms with Crippen LogP contribution in [0.15, 0.2) is 10.5 Å². The van der Waals surface area contributed by atoms with Crippen LogP contribution in [0.1, 0.15) is 5.69 Å². The van der Waals surface area contributed by atoms with Gasteiger partial charge in [-0.3, -0.25) is 14.1 Å². The third-order valence-corrected chi connectivity index (χ3v) is 5.19. The molecule has 0 unspecified atom stereocenters. The first-order valence-corrected chi connectivity index (χ1v) is 10.2. The predicted octanol–water partition coefficient (Wildman–Crippen LogP) is -2.19. The van der Waals surface area contributed by atoms with Crippen LogP contribution in [0, 0.1) is 0 Å². The monoisotopic (exact) mass is 481 g/mol. The van der Waals surface area contributed by atoms with Crippen molar-refractivity contribution in [2.24, 2.45) is 5.16 Å². The van der Waals surface area contributed by atoms with Crippen LogP contribution in [0.2, 0.25) is 0 Å². The summed E-state index contributed by atoms with van der Waals surface area (Å²) in [5.41, 5.74) is 4.80. The van der Waals surface area contributed by atoms with Crippen molar-refractivity contribution in [2.75, 3.05) is 26.1 Å². The maximum atomic E-state index is 12.6. The quantitative estimate of drug-likeness (QED) is 0.0965. The minimum Gasteiger partial charge on any atom is -0.479 e. The largest absolute Gasteiger partial charge is 0.508 e. The Morgan fingerprint density at radius 1 is 1.42 bits per heavy atom. The van der Waals surface area contributed by atoms with Crippen molar-refractivity contribution in [1.82, 2.24) is 14.6 Å². The number of nitrogens with two attached hydrogens (primary N) is 1. The van der Waals surface area contributed by atoms with Gasteiger partial charge in [0.15, 0.2) is 10.8 Å². The summed E-state index contributed by atoms with van der Waals surface area (Å²) in [4.78, 5) is 54.8. The summed E-state index contributed by atoms with van der Waals surface area (Å²) < 4.78 is 40.8. The van der Waals surface area contributed by atoms with Gasteiger partial charge < -0.3 is 30.5 Å². The number of carboxylic acids is 1. The molecule has 2 heterocycles. The van der Waals surface area contributed by atoms with Crippen LogP contribution in [-0.4, -0.2) is 89.4 Å². The highest BCUT2D eigenvalue weighted by molar-refractivity contribution is 7.84. The molecule has 1 aromatic rings. The average molecular weight is 481 g/mol. The molecule has 2 atom stereocenters. The van der Waals surface area contributed by atoms with Gasteiger partial charge in [0.1, 0.15) is 24.4 Å². The van der Waals surface area contributed by atoms with Gasteiger partial charge in [0, 0.05) is 5.38 Å². The Labute approximate surface area is 177 Å². The number of β-lactam (4-membered cyclic amide) rings is 1. The van der Waals surface area contributed by atoms with Gasteiger partial charge in [-0.15, -0.1) is 11.3 Å². The van der Waals surface area contributed by atoms with Crippen LogP contribution in [0.5, 0.6) is 0 Å². The maximum Gasteiger partial charge on any atom is 0.508 e. The molecule has 5 N–H and O–H groups in total. The van der Waals surface area contributed by atoms with Crippen LogP contribution in [-0.2, 0) is 39.0 Å². The number of carboxylic acid groups (broad SMARTS) is 1. The van der Waals surface area contributed by atoms with Crippen LogP contribution >= 0.6 is 11.3 Å². The van der Waals surface area contributed by atoms with Gasteiger partial charge in [-0.05, 0) is 0 Å². The van der Waals surface area contributed by atoms with Crippen LogP contribution in [0.25, 0.3) is 0 Å². The SMILES string of the molecule is COC(=O)OC[C@H]1[C@@H](NC(=O)/C(=N\OCC(=O)O)c2csc(N)n2)C(=O)N1S(=O)(=O)O. The molecule has 0 bridgehead atoms. The lowest BCUT2D eigenvalue weighted by Gasteiger charge is -2.43. The number of thiazole rings is 1. The van der Waals surface area contributed by atoms with E-state index in [0.717, 1.165) is 18.4 Å². The molecular formula is C13H15N5O11S2. The molecule has 16 nitrogen and oxygen atoms in total. The highest BCUT2D eigenvalue weighted by Gasteiger charge is 2.55. The summed E-state index contributed by atoms with van der Waals surface area (Å²) in [6.07, 6.45) is -1.21. The van der Waals surface area contributed by atoms with E-state index >= 15 is 0 Å². The summed E-state index contributed by atoms with van der Waals surface area (Å²) >= 11 is 0.922. The molecule has 1 aliphatic rings. The van der Waals surface area contributed by atoms with Crippen molar-refractivity contribution in [3.63, 3.8) is 0 Å². The molecule has 1 fully saturated rings. The van der Waals surface area contributed by atoms with Gasteiger partial charge in [-0.25, -0.2) is 18.9 Å². The standard InChI is InChI=1S/C13H15N5O11S2/c1-27-13(23)28-2-6-9(11(22)18(6)31(24,25)26)16-10(21)8(17-29-3-7(19)20)5-4-30-12(14)15-5/h4,6,9H,2-3H2,1H3,(H2,14,15)(H,16,21)(H,19,20)(H,24,25,26)/b17-8-/t6-,9+/m0/s1. The number of aromatic nitrogens is 1. The lowest BCUT2D eigenvalue weighted by atomic mass is 9.99. The third-order valence-electron chi connectivity index (χ3n) is 3.57. The number of rotatable bonds is 9. The molecule has 170 valence electrons. The molecule has 31 heavy (non-hydrogen) atoms. The Hall–Kier alpha value is -3.51. The maximum absolute atomic E-state index is 12.6. The van der Waals surface area contributed by atoms with E-state index in [1.54, 1.807) is 0 Å². The highest BCUT2D eigenvalue weighted by Crippen LogP contribution is 2.24. The molecule has 1 aromatic heterocycles. The number of ether oxygens (including phenoxy) is 2. The molecule has 2 rings (SSSR count). The zero-order valence-electron chi connectivity index (χ0n) is 15.5. The number of oxime groups is 1. The summed E-state index contributed by atoms with van der Waals surface area (Å²) in [5.74, 6) is -3.75. The number of nitrogen functional groups attached to an aromatic ring is 1. The number of hydrogen-bond donors (Lipinski definition) is 4. The lowest BCUT2D eigenvalue weighted by Crippen LogP contribution is -2.73. The van der Waals surface area contributed by atoms with Crippen LogP contribution in [0.3, 0.4) is 0 Å². The molecule has 0 aliphatic carbocycles. The molecule has 18 heteroatoms. The second-order valence-electron chi connectivity index (χ2n) is 5.57. The van der Waals surface area contributed by atoms with E-state index in [1.165, 1.54) is 5.38 Å². The van der Waals surface area contributed by atoms with Crippen molar-refractivity contribution >= 4 is 56.4 Å². The zero-order valence-corrected chi connectivity index (χ0v) is 17.1. The van der Waals surface area contributed by atoms with E-state index in [4.69, 9.17) is 10.8 Å². The Bertz CT molecular complexity index is 1020. The zero-order chi connectivity index (χ0) is 23.3. The van der Waals surface area contributed by atoms with Gasteiger partial charge in [0.25, 0.3) is 11.8 Å². The minimum absolute atomic E-state index is 0.000536. The van der Waals surface area contributed by atoms with E-state index in [0.29, 0.717) is 0 Å². The first-order valence-electron chi connectivity index (χ1n) is 7.91. The summed E-state index contributed by atoms with van der Waals surface area (Å²) in [5, 5.41) is 15.5. The van der Waals surface area contributed by atoms with Gasteiger partial charge in [-0.1, -0.05) is 5.16 Å². The van der Waals surface area contributed by atoms with Gasteiger partial charge in [-0.2, -0.15) is 8.42 Å². The summed E-state index contributed by atoms with van der Waals surface area (Å²) in [6, 6.07) is -3.08. The van der Waals surface area contributed by atoms with E-state index in [1.807, 2.05) is 0 Å². The van der Waals surface area contributed by atoms with Crippen molar-refractivity contribution < 1.29 is 51.6 Å². The molecule has 2 amide bonds. The van der Waals surface area contributed by atoms with Crippen molar-refractivity contribution in [2.45, 2.75) is 12.1 Å². The fourth-order valence-electron chi connectivity index (χ4n) is 2.30. The number of methoxy groups -OCH3 is 1. The summed E-state index contributed by atoms with van der Waals surface area (Å²) in [6.45, 7) is -1.65. The first-order chi connectivity index (χ1) is 14.5. The number of amides is 2. The van der Waals surface area contributed by atoms with Gasteiger partial charge in [0.2, 0.25) is 6.61 Å². The molecule has 1 aliphatic heterocycles. The number of aliphatic carboxylic acids is 1. The normalized spacial score (nSPS) is 18.7. The van der Waals surface area contributed by atoms with E-state index in [-0.39, 0.29) is 15.1 Å². The molecule has 0 spiro atoms. The summed E-state index contributed by atoms with van der Waals surface area (Å²) in [7, 11) is -4.05. The number of carbonyl (C=O) groups is 4. The lowest BCUT2D eigenvalue weighted by molar-refractivity contribution is -0.147. The highest BCUT2D eigenvalue weighted by atomic mass is 32.2. The Kier molecular flexibility index (Phi) is 7.31. The molecular weight excluding hydrogens is 466 g/mol. The fourth-order valence-corrected chi connectivity index (χ4v) is 3.71. The van der Waals surface area contributed by atoms with Crippen molar-refractivity contribution in [3.05, 3.63) is 11.1 Å². The van der Waals surface area contributed by atoms with E-state index in [9.17, 15) is 32.1 Å². The minimum atomic E-state index is -5.03. The van der Waals surface area contributed by atoms with Crippen molar-refractivity contribution in [1.29, 1.82) is 0 Å². The Morgan fingerprint density at radius 3 is 2.61 bits per heavy atom. The average Bonchev–Trinajstić information content (AvgIpc) is 3.10. The number of anilines is 1. The first kappa shape index (κ1) is 23.8. The Balaban J connectivity index is 2.24. The van der Waals surface area contributed by atoms with Crippen molar-refractivity contribution in [3.8, 4) is 0 Å². The van der Waals surface area contributed by atoms with Gasteiger partial charge in [0.05, 0.1) is 7.11 Å². The molecule has 0 aromatic carbocycles. The van der Waals surface area contributed by atoms with Crippen LogP contribution in [0.4, 0.5) is 9.93 Å². The number of nitrogens with zero attached hydrogens (tertiary/aromatic N) is 3. The third kappa shape index (κ3) is 5.77. The Morgan fingerprint density at radius 2 is 2.10 bits per heavy atom. The topological polar surface area (TPSA) is 237 Å².